The summed E-state index contributed by atoms with van der Waals surface area (Å²) in [6, 6.07) is 75.1. The minimum absolute atomic E-state index is 1.10. The van der Waals surface area contributed by atoms with E-state index in [9.17, 15) is 0 Å². The largest absolute Gasteiger partial charge is 0.310 e. The molecule has 0 unspecified atom stereocenters. The van der Waals surface area contributed by atoms with Gasteiger partial charge in [0.1, 0.15) is 0 Å². The Morgan fingerprint density at radius 1 is 0.382 bits per heavy atom. The topological polar surface area (TPSA) is 8.17 Å². The molecule has 2 aromatic heterocycles. The van der Waals surface area contributed by atoms with E-state index in [0.717, 1.165) is 22.7 Å². The molecule has 0 saturated carbocycles. The van der Waals surface area contributed by atoms with Gasteiger partial charge in [0.2, 0.25) is 0 Å². The summed E-state index contributed by atoms with van der Waals surface area (Å²) in [4.78, 5) is 2.40. The summed E-state index contributed by atoms with van der Waals surface area (Å²) >= 11 is 1.89. The SMILES string of the molecule is c1ccc(-c2cccc(N(c3ccc(-c4cccc5sc6c7ccccc7ccc6c45)cc3)c3ccc4c5ccccc5n(-c5ccccc5)c4c3)c2)cc1. The molecule has 11 rings (SSSR count). The van der Waals surface area contributed by atoms with Gasteiger partial charge in [-0.2, -0.15) is 0 Å². The van der Waals surface area contributed by atoms with Crippen LogP contribution in [0.1, 0.15) is 0 Å². The van der Waals surface area contributed by atoms with Gasteiger partial charge in [-0.05, 0) is 93.7 Å². The predicted octanol–water partition coefficient (Wildman–Crippen LogP) is 15.1. The van der Waals surface area contributed by atoms with E-state index < -0.39 is 0 Å². The van der Waals surface area contributed by atoms with Gasteiger partial charge in [0, 0.05) is 53.7 Å². The highest BCUT2D eigenvalue weighted by molar-refractivity contribution is 7.26. The van der Waals surface area contributed by atoms with E-state index in [0.29, 0.717) is 0 Å². The Labute approximate surface area is 323 Å². The molecule has 0 bridgehead atoms. The van der Waals surface area contributed by atoms with E-state index in [1.54, 1.807) is 0 Å². The maximum Gasteiger partial charge on any atom is 0.0561 e. The summed E-state index contributed by atoms with van der Waals surface area (Å²) in [6.45, 7) is 0. The molecule has 0 aliphatic carbocycles. The molecule has 0 aliphatic heterocycles. The number of aromatic nitrogens is 1. The van der Waals surface area contributed by atoms with Crippen LogP contribution in [0.5, 0.6) is 0 Å². The van der Waals surface area contributed by atoms with Crippen LogP contribution in [0.3, 0.4) is 0 Å². The van der Waals surface area contributed by atoms with Crippen molar-refractivity contribution in [1.82, 2.24) is 4.57 Å². The molecule has 258 valence electrons. The lowest BCUT2D eigenvalue weighted by molar-refractivity contribution is 1.18. The van der Waals surface area contributed by atoms with E-state index in [2.05, 4.69) is 216 Å². The fourth-order valence-corrected chi connectivity index (χ4v) is 9.70. The monoisotopic (exact) mass is 718 g/mol. The average Bonchev–Trinajstić information content (AvgIpc) is 3.81. The highest BCUT2D eigenvalue weighted by Crippen LogP contribution is 2.45. The Morgan fingerprint density at radius 2 is 1.04 bits per heavy atom. The number of thiophene rings is 1. The van der Waals surface area contributed by atoms with Crippen LogP contribution in [0.4, 0.5) is 17.1 Å². The normalized spacial score (nSPS) is 11.6. The van der Waals surface area contributed by atoms with E-state index in [1.807, 2.05) is 11.3 Å². The minimum atomic E-state index is 1.10. The zero-order valence-electron chi connectivity index (χ0n) is 29.9. The predicted molar refractivity (Wildman–Crippen MR) is 237 cm³/mol. The molecule has 11 aromatic rings. The van der Waals surface area contributed by atoms with Crippen molar-refractivity contribution >= 4 is 81.1 Å². The standard InChI is InChI=1S/C52H34N2S/c1-3-13-35(14-4-1)38-16-11-19-41(33-38)53(42-30-32-46-45-21-9-10-23-48(45)54(49(46)34-42)39-17-5-2-6-18-39)40-28-25-37(26-29-40)43-22-12-24-50-51(43)47-31-27-36-15-7-8-20-44(36)52(47)55-50/h1-34H. The molecule has 9 aromatic carbocycles. The summed E-state index contributed by atoms with van der Waals surface area (Å²) in [6.07, 6.45) is 0. The summed E-state index contributed by atoms with van der Waals surface area (Å²) in [7, 11) is 0. The van der Waals surface area contributed by atoms with Gasteiger partial charge in [-0.1, -0.05) is 146 Å². The smallest absolute Gasteiger partial charge is 0.0561 e. The number of nitrogens with zero attached hydrogens (tertiary/aromatic N) is 2. The number of benzene rings is 9. The molecule has 55 heavy (non-hydrogen) atoms. The number of anilines is 3. The molecule has 2 heterocycles. The second-order valence-electron chi connectivity index (χ2n) is 14.1. The van der Waals surface area contributed by atoms with Crippen molar-refractivity contribution in [3.05, 3.63) is 206 Å². The summed E-state index contributed by atoms with van der Waals surface area (Å²) < 4.78 is 5.06. The van der Waals surface area contributed by atoms with Gasteiger partial charge >= 0.3 is 0 Å². The van der Waals surface area contributed by atoms with E-state index in [1.165, 1.54) is 75.0 Å². The molecule has 0 atom stereocenters. The van der Waals surface area contributed by atoms with Gasteiger partial charge in [0.05, 0.1) is 11.0 Å². The molecular formula is C52H34N2S. The summed E-state index contributed by atoms with van der Waals surface area (Å²) in [5.41, 5.74) is 11.7. The second kappa shape index (κ2) is 12.9. The first-order chi connectivity index (χ1) is 27.3. The lowest BCUT2D eigenvalue weighted by atomic mass is 9.98. The number of hydrogen-bond acceptors (Lipinski definition) is 2. The highest BCUT2D eigenvalue weighted by atomic mass is 32.1. The van der Waals surface area contributed by atoms with E-state index >= 15 is 0 Å². The first-order valence-corrected chi connectivity index (χ1v) is 19.6. The summed E-state index contributed by atoms with van der Waals surface area (Å²) in [5, 5.41) is 7.73. The third-order valence-corrected chi connectivity index (χ3v) is 12.2. The van der Waals surface area contributed by atoms with Gasteiger partial charge in [-0.25, -0.2) is 0 Å². The Morgan fingerprint density at radius 3 is 1.89 bits per heavy atom. The van der Waals surface area contributed by atoms with E-state index in [4.69, 9.17) is 0 Å². The Balaban J connectivity index is 1.09. The van der Waals surface area contributed by atoms with Crippen LogP contribution in [-0.4, -0.2) is 4.57 Å². The zero-order chi connectivity index (χ0) is 36.3. The molecular weight excluding hydrogens is 685 g/mol. The molecule has 0 amide bonds. The highest BCUT2D eigenvalue weighted by Gasteiger charge is 2.19. The van der Waals surface area contributed by atoms with Crippen LogP contribution < -0.4 is 4.90 Å². The van der Waals surface area contributed by atoms with Crippen LogP contribution in [-0.2, 0) is 0 Å². The van der Waals surface area contributed by atoms with Crippen LogP contribution in [0.15, 0.2) is 206 Å². The maximum absolute atomic E-state index is 2.40. The number of rotatable bonds is 6. The lowest BCUT2D eigenvalue weighted by Crippen LogP contribution is -2.10. The van der Waals surface area contributed by atoms with Gasteiger partial charge in [-0.15, -0.1) is 11.3 Å². The van der Waals surface area contributed by atoms with Crippen molar-refractivity contribution in [2.75, 3.05) is 4.90 Å². The van der Waals surface area contributed by atoms with Crippen molar-refractivity contribution < 1.29 is 0 Å². The minimum Gasteiger partial charge on any atom is -0.310 e. The Kier molecular flexibility index (Phi) is 7.39. The Bertz CT molecular complexity index is 3190. The van der Waals surface area contributed by atoms with Crippen molar-refractivity contribution in [1.29, 1.82) is 0 Å². The van der Waals surface area contributed by atoms with Crippen LogP contribution in [0, 0.1) is 0 Å². The van der Waals surface area contributed by atoms with Gasteiger partial charge in [0.15, 0.2) is 0 Å². The summed E-state index contributed by atoms with van der Waals surface area (Å²) in [5.74, 6) is 0. The fourth-order valence-electron chi connectivity index (χ4n) is 8.44. The quantitative estimate of drug-likeness (QED) is 0.166. The van der Waals surface area contributed by atoms with Crippen LogP contribution in [0.2, 0.25) is 0 Å². The van der Waals surface area contributed by atoms with Gasteiger partial charge in [0.25, 0.3) is 0 Å². The van der Waals surface area contributed by atoms with Crippen molar-refractivity contribution in [2.24, 2.45) is 0 Å². The average molecular weight is 719 g/mol. The van der Waals surface area contributed by atoms with E-state index in [-0.39, 0.29) is 0 Å². The first-order valence-electron chi connectivity index (χ1n) is 18.8. The number of para-hydroxylation sites is 2. The van der Waals surface area contributed by atoms with Crippen molar-refractivity contribution in [2.45, 2.75) is 0 Å². The second-order valence-corrected chi connectivity index (χ2v) is 15.2. The van der Waals surface area contributed by atoms with Gasteiger partial charge < -0.3 is 9.47 Å². The molecule has 2 nitrogen and oxygen atoms in total. The number of hydrogen-bond donors (Lipinski definition) is 0. The molecule has 0 radical (unpaired) electrons. The molecule has 3 heteroatoms. The van der Waals surface area contributed by atoms with Crippen LogP contribution in [0.25, 0.3) is 80.7 Å². The lowest BCUT2D eigenvalue weighted by Gasteiger charge is -2.26. The van der Waals surface area contributed by atoms with Crippen molar-refractivity contribution in [3.8, 4) is 27.9 Å². The fraction of sp³-hybridized carbons (Fsp3) is 0. The maximum atomic E-state index is 2.40. The zero-order valence-corrected chi connectivity index (χ0v) is 30.7. The molecule has 0 N–H and O–H groups in total. The van der Waals surface area contributed by atoms with Crippen molar-refractivity contribution in [3.63, 3.8) is 0 Å². The third-order valence-electron chi connectivity index (χ3n) is 11.0. The number of fused-ring (bicyclic) bond motifs is 8. The third kappa shape index (κ3) is 5.24. The van der Waals surface area contributed by atoms with Gasteiger partial charge in [-0.3, -0.25) is 0 Å². The molecule has 0 saturated heterocycles. The first kappa shape index (κ1) is 31.6. The molecule has 0 aliphatic rings. The molecule has 0 spiro atoms. The molecule has 0 fully saturated rings. The van der Waals surface area contributed by atoms with Crippen LogP contribution >= 0.6 is 11.3 Å². The Hall–Kier alpha value is -6.94.